The smallest absolute Gasteiger partial charge is 0.244 e. The molecule has 0 atom stereocenters. The van der Waals surface area contributed by atoms with Crippen LogP contribution in [0.5, 0.6) is 0 Å². The zero-order valence-corrected chi connectivity index (χ0v) is 15.3. The average molecular weight is 440 g/mol. The Bertz CT molecular complexity index is 729. The normalized spacial score (nSPS) is 12.0. The average Bonchev–Trinajstić information content (AvgIpc) is 2.74. The summed E-state index contributed by atoms with van der Waals surface area (Å²) in [6, 6.07) is 6.58. The van der Waals surface area contributed by atoms with E-state index in [-0.39, 0.29) is 4.90 Å². The van der Waals surface area contributed by atoms with Gasteiger partial charge >= 0.3 is 0 Å². The molecule has 0 aliphatic rings. The molecule has 0 saturated carbocycles. The summed E-state index contributed by atoms with van der Waals surface area (Å²) in [5.74, 6) is 0. The number of hydrogen-bond donors (Lipinski definition) is 1. The lowest BCUT2D eigenvalue weighted by molar-refractivity contribution is 0.469. The number of thiophene rings is 1. The summed E-state index contributed by atoms with van der Waals surface area (Å²) in [6.45, 7) is 0.329. The topological polar surface area (TPSA) is 63.4 Å². The van der Waals surface area contributed by atoms with E-state index in [1.807, 2.05) is 11.4 Å². The highest BCUT2D eigenvalue weighted by Crippen LogP contribution is 2.28. The van der Waals surface area contributed by atoms with Crippen molar-refractivity contribution in [1.82, 2.24) is 4.31 Å². The summed E-state index contributed by atoms with van der Waals surface area (Å²) >= 11 is 8.12. The SMILES string of the molecule is CN(Cc1cc(Br)cs1)S(=O)(=O)c1ccc(N)cc1Br. The first-order valence-electron chi connectivity index (χ1n) is 5.55. The van der Waals surface area contributed by atoms with Crippen molar-refractivity contribution < 1.29 is 8.42 Å². The second-order valence-electron chi connectivity index (χ2n) is 4.18. The van der Waals surface area contributed by atoms with Crippen molar-refractivity contribution >= 4 is 58.9 Å². The number of hydrogen-bond acceptors (Lipinski definition) is 4. The molecule has 2 N–H and O–H groups in total. The van der Waals surface area contributed by atoms with Gasteiger partial charge in [-0.3, -0.25) is 0 Å². The van der Waals surface area contributed by atoms with Gasteiger partial charge in [0.25, 0.3) is 0 Å². The van der Waals surface area contributed by atoms with E-state index in [2.05, 4.69) is 31.9 Å². The van der Waals surface area contributed by atoms with E-state index in [9.17, 15) is 8.42 Å². The molecule has 20 heavy (non-hydrogen) atoms. The van der Waals surface area contributed by atoms with Gasteiger partial charge in [-0.15, -0.1) is 11.3 Å². The van der Waals surface area contributed by atoms with Crippen LogP contribution in [0, 0.1) is 0 Å². The Balaban J connectivity index is 2.29. The summed E-state index contributed by atoms with van der Waals surface area (Å²) in [4.78, 5) is 1.18. The molecular weight excluding hydrogens is 428 g/mol. The Hall–Kier alpha value is -0.410. The summed E-state index contributed by atoms with van der Waals surface area (Å²) < 4.78 is 27.8. The number of rotatable bonds is 4. The van der Waals surface area contributed by atoms with E-state index in [0.717, 1.165) is 9.35 Å². The minimum Gasteiger partial charge on any atom is -0.399 e. The first-order valence-corrected chi connectivity index (χ1v) is 9.45. The lowest BCUT2D eigenvalue weighted by Crippen LogP contribution is -2.26. The molecule has 0 aliphatic heterocycles. The zero-order chi connectivity index (χ0) is 14.9. The Morgan fingerprint density at radius 2 is 2.00 bits per heavy atom. The standard InChI is InChI=1S/C12H12Br2N2O2S2/c1-16(6-10-4-8(13)7-19-10)20(17,18)12-3-2-9(15)5-11(12)14/h2-5,7H,6,15H2,1H3. The molecule has 0 amide bonds. The number of nitrogens with two attached hydrogens (primary N) is 1. The van der Waals surface area contributed by atoms with Gasteiger partial charge in [-0.1, -0.05) is 0 Å². The number of nitrogen functional groups attached to an aromatic ring is 1. The van der Waals surface area contributed by atoms with Gasteiger partial charge in [0.05, 0.1) is 4.90 Å². The van der Waals surface area contributed by atoms with Crippen molar-refractivity contribution in [3.05, 3.63) is 43.5 Å². The van der Waals surface area contributed by atoms with Crippen LogP contribution < -0.4 is 5.73 Å². The molecule has 2 rings (SSSR count). The molecule has 2 aromatic rings. The molecule has 0 spiro atoms. The molecule has 1 heterocycles. The second-order valence-corrected chi connectivity index (χ2v) is 8.96. The summed E-state index contributed by atoms with van der Waals surface area (Å²) in [7, 11) is -1.99. The molecule has 1 aromatic heterocycles. The molecule has 0 radical (unpaired) electrons. The molecular formula is C12H12Br2N2O2S2. The van der Waals surface area contributed by atoms with Crippen LogP contribution >= 0.6 is 43.2 Å². The molecule has 0 saturated heterocycles. The zero-order valence-electron chi connectivity index (χ0n) is 10.5. The van der Waals surface area contributed by atoms with E-state index in [0.29, 0.717) is 16.7 Å². The molecule has 108 valence electrons. The monoisotopic (exact) mass is 438 g/mol. The maximum absolute atomic E-state index is 12.5. The number of halogens is 2. The predicted molar refractivity (Wildman–Crippen MR) is 89.2 cm³/mol. The van der Waals surface area contributed by atoms with Crippen LogP contribution in [0.4, 0.5) is 5.69 Å². The van der Waals surface area contributed by atoms with Gasteiger partial charge in [0, 0.05) is 38.5 Å². The van der Waals surface area contributed by atoms with Crippen molar-refractivity contribution in [2.75, 3.05) is 12.8 Å². The fourth-order valence-corrected chi connectivity index (χ4v) is 5.42. The Morgan fingerprint density at radius 1 is 1.30 bits per heavy atom. The first kappa shape index (κ1) is 16.0. The van der Waals surface area contributed by atoms with Crippen LogP contribution in [-0.4, -0.2) is 19.8 Å². The number of benzene rings is 1. The molecule has 0 aliphatic carbocycles. The van der Waals surface area contributed by atoms with Gasteiger partial charge in [-0.2, -0.15) is 4.31 Å². The third-order valence-electron chi connectivity index (χ3n) is 2.64. The van der Waals surface area contributed by atoms with E-state index < -0.39 is 10.0 Å². The number of sulfonamides is 1. The lowest BCUT2D eigenvalue weighted by Gasteiger charge is -2.17. The minimum atomic E-state index is -3.55. The van der Waals surface area contributed by atoms with Gasteiger partial charge < -0.3 is 5.73 Å². The van der Waals surface area contributed by atoms with Gasteiger partial charge in [0.15, 0.2) is 0 Å². The Morgan fingerprint density at radius 3 is 2.55 bits per heavy atom. The molecule has 1 aromatic carbocycles. The first-order chi connectivity index (χ1) is 9.30. The Labute approximate surface area is 138 Å². The van der Waals surface area contributed by atoms with Crippen molar-refractivity contribution in [2.24, 2.45) is 0 Å². The molecule has 0 fully saturated rings. The van der Waals surface area contributed by atoms with Crippen LogP contribution in [0.1, 0.15) is 4.88 Å². The lowest BCUT2D eigenvalue weighted by atomic mass is 10.3. The number of nitrogens with zero attached hydrogens (tertiary/aromatic N) is 1. The highest BCUT2D eigenvalue weighted by molar-refractivity contribution is 9.10. The molecule has 8 heteroatoms. The maximum Gasteiger partial charge on any atom is 0.244 e. The van der Waals surface area contributed by atoms with Crippen molar-refractivity contribution in [2.45, 2.75) is 11.4 Å². The molecule has 4 nitrogen and oxygen atoms in total. The Kier molecular flexibility index (Phi) is 4.91. The molecule has 0 bridgehead atoms. The molecule has 0 unspecified atom stereocenters. The van der Waals surface area contributed by atoms with Crippen LogP contribution in [0.2, 0.25) is 0 Å². The highest BCUT2D eigenvalue weighted by Gasteiger charge is 2.23. The fraction of sp³-hybridized carbons (Fsp3) is 0.167. The summed E-state index contributed by atoms with van der Waals surface area (Å²) in [5.41, 5.74) is 6.15. The quantitative estimate of drug-likeness (QED) is 0.739. The van der Waals surface area contributed by atoms with Gasteiger partial charge in [0.1, 0.15) is 0 Å². The summed E-state index contributed by atoms with van der Waals surface area (Å²) in [6.07, 6.45) is 0. The third-order valence-corrected chi connectivity index (χ3v) is 7.11. The fourth-order valence-electron chi connectivity index (χ4n) is 1.64. The largest absolute Gasteiger partial charge is 0.399 e. The van der Waals surface area contributed by atoms with Gasteiger partial charge in [0.2, 0.25) is 10.0 Å². The van der Waals surface area contributed by atoms with E-state index in [4.69, 9.17) is 5.73 Å². The van der Waals surface area contributed by atoms with Crippen LogP contribution in [0.3, 0.4) is 0 Å². The summed E-state index contributed by atoms with van der Waals surface area (Å²) in [5, 5.41) is 1.93. The second kappa shape index (κ2) is 6.15. The highest BCUT2D eigenvalue weighted by atomic mass is 79.9. The van der Waals surface area contributed by atoms with Crippen molar-refractivity contribution in [3.8, 4) is 0 Å². The third kappa shape index (κ3) is 3.43. The maximum atomic E-state index is 12.5. The predicted octanol–water partition coefficient (Wildman–Crippen LogP) is 3.68. The van der Waals surface area contributed by atoms with E-state index >= 15 is 0 Å². The minimum absolute atomic E-state index is 0.213. The van der Waals surface area contributed by atoms with Crippen molar-refractivity contribution in [3.63, 3.8) is 0 Å². The number of anilines is 1. The van der Waals surface area contributed by atoms with E-state index in [1.165, 1.54) is 21.7 Å². The van der Waals surface area contributed by atoms with Crippen LogP contribution in [0.15, 0.2) is 43.5 Å². The van der Waals surface area contributed by atoms with Crippen LogP contribution in [-0.2, 0) is 16.6 Å². The van der Waals surface area contributed by atoms with Crippen LogP contribution in [0.25, 0.3) is 0 Å². The van der Waals surface area contributed by atoms with E-state index in [1.54, 1.807) is 19.2 Å². The van der Waals surface area contributed by atoms with Gasteiger partial charge in [-0.25, -0.2) is 8.42 Å². The van der Waals surface area contributed by atoms with Crippen molar-refractivity contribution in [1.29, 1.82) is 0 Å². The van der Waals surface area contributed by atoms with Gasteiger partial charge in [-0.05, 0) is 56.1 Å².